The second kappa shape index (κ2) is 4.49. The number of aromatic amines is 1. The maximum absolute atomic E-state index is 12.8. The smallest absolute Gasteiger partial charge is 0.257 e. The molecule has 0 aliphatic rings. The monoisotopic (exact) mass is 256 g/mol. The van der Waals surface area contributed by atoms with Crippen molar-refractivity contribution < 1.29 is 9.18 Å². The van der Waals surface area contributed by atoms with E-state index < -0.39 is 0 Å². The Hall–Kier alpha value is -2.76. The van der Waals surface area contributed by atoms with Crippen molar-refractivity contribution in [2.75, 3.05) is 5.32 Å². The SMILES string of the molecule is O=C(Nc1ccc(F)cc1)c1ccnc2nc[nH]c12. The van der Waals surface area contributed by atoms with Gasteiger partial charge in [0, 0.05) is 11.9 Å². The lowest BCUT2D eigenvalue weighted by atomic mass is 10.2. The number of benzene rings is 1. The minimum Gasteiger partial charge on any atom is -0.343 e. The summed E-state index contributed by atoms with van der Waals surface area (Å²) in [7, 11) is 0. The molecule has 3 aromatic rings. The first kappa shape index (κ1) is 11.3. The van der Waals surface area contributed by atoms with Crippen molar-refractivity contribution in [2.24, 2.45) is 0 Å². The summed E-state index contributed by atoms with van der Waals surface area (Å²) in [5.41, 5.74) is 2.01. The minimum atomic E-state index is -0.349. The Balaban J connectivity index is 1.92. The van der Waals surface area contributed by atoms with Gasteiger partial charge in [0.1, 0.15) is 5.82 Å². The van der Waals surface area contributed by atoms with Crippen molar-refractivity contribution in [2.45, 2.75) is 0 Å². The number of hydrogen-bond acceptors (Lipinski definition) is 3. The number of nitrogens with zero attached hydrogens (tertiary/aromatic N) is 2. The molecular formula is C13H9FN4O. The van der Waals surface area contributed by atoms with Gasteiger partial charge in [-0.3, -0.25) is 4.79 Å². The van der Waals surface area contributed by atoms with Gasteiger partial charge in [0.2, 0.25) is 0 Å². The van der Waals surface area contributed by atoms with Gasteiger partial charge < -0.3 is 10.3 Å². The number of halogens is 1. The lowest BCUT2D eigenvalue weighted by Crippen LogP contribution is -2.12. The highest BCUT2D eigenvalue weighted by atomic mass is 19.1. The highest BCUT2D eigenvalue weighted by molar-refractivity contribution is 6.10. The third-order valence-corrected chi connectivity index (χ3v) is 2.67. The number of H-pyrrole nitrogens is 1. The van der Waals surface area contributed by atoms with E-state index in [1.807, 2.05) is 0 Å². The van der Waals surface area contributed by atoms with Crippen LogP contribution in [0.1, 0.15) is 10.4 Å². The van der Waals surface area contributed by atoms with Crippen LogP contribution in [-0.4, -0.2) is 20.9 Å². The molecule has 19 heavy (non-hydrogen) atoms. The summed E-state index contributed by atoms with van der Waals surface area (Å²) in [6, 6.07) is 7.17. The van der Waals surface area contributed by atoms with Gasteiger partial charge in [-0.25, -0.2) is 14.4 Å². The van der Waals surface area contributed by atoms with Gasteiger partial charge in [-0.2, -0.15) is 0 Å². The highest BCUT2D eigenvalue weighted by Gasteiger charge is 2.12. The average Bonchev–Trinajstić information content (AvgIpc) is 2.89. The molecule has 94 valence electrons. The summed E-state index contributed by atoms with van der Waals surface area (Å²) in [6.07, 6.45) is 3.00. The first-order valence-corrected chi connectivity index (χ1v) is 5.59. The molecule has 1 aromatic carbocycles. The first-order chi connectivity index (χ1) is 9.24. The molecule has 0 aliphatic heterocycles. The molecule has 0 spiro atoms. The third-order valence-electron chi connectivity index (χ3n) is 2.67. The summed E-state index contributed by atoms with van der Waals surface area (Å²) < 4.78 is 12.8. The van der Waals surface area contributed by atoms with Crippen LogP contribution in [0.2, 0.25) is 0 Å². The van der Waals surface area contributed by atoms with Crippen LogP contribution in [0.25, 0.3) is 11.2 Å². The van der Waals surface area contributed by atoms with Crippen molar-refractivity contribution in [3.05, 3.63) is 54.2 Å². The van der Waals surface area contributed by atoms with Gasteiger partial charge in [-0.1, -0.05) is 0 Å². The molecule has 0 unspecified atom stereocenters. The van der Waals surface area contributed by atoms with Crippen LogP contribution in [0.15, 0.2) is 42.9 Å². The van der Waals surface area contributed by atoms with Crippen molar-refractivity contribution in [1.82, 2.24) is 15.0 Å². The van der Waals surface area contributed by atoms with Crippen LogP contribution in [-0.2, 0) is 0 Å². The number of nitrogens with one attached hydrogen (secondary N) is 2. The Labute approximate surface area is 107 Å². The number of rotatable bonds is 2. The molecule has 0 saturated carbocycles. The van der Waals surface area contributed by atoms with Crippen molar-refractivity contribution in [3.63, 3.8) is 0 Å². The predicted octanol–water partition coefficient (Wildman–Crippen LogP) is 2.35. The Bertz CT molecular complexity index is 736. The third kappa shape index (κ3) is 2.15. The fraction of sp³-hybridized carbons (Fsp3) is 0. The number of pyridine rings is 1. The van der Waals surface area contributed by atoms with Crippen LogP contribution in [0.5, 0.6) is 0 Å². The lowest BCUT2D eigenvalue weighted by Gasteiger charge is -2.05. The molecule has 1 amide bonds. The van der Waals surface area contributed by atoms with E-state index in [4.69, 9.17) is 0 Å². The maximum atomic E-state index is 12.8. The fourth-order valence-electron chi connectivity index (χ4n) is 1.77. The molecule has 6 heteroatoms. The summed E-state index contributed by atoms with van der Waals surface area (Å²) in [4.78, 5) is 23.0. The maximum Gasteiger partial charge on any atom is 0.257 e. The van der Waals surface area contributed by atoms with E-state index in [0.717, 1.165) is 0 Å². The average molecular weight is 256 g/mol. The summed E-state index contributed by atoms with van der Waals surface area (Å²) in [6.45, 7) is 0. The molecular weight excluding hydrogens is 247 g/mol. The Morgan fingerprint density at radius 1 is 1.16 bits per heavy atom. The molecule has 0 saturated heterocycles. The van der Waals surface area contributed by atoms with Crippen LogP contribution < -0.4 is 5.32 Å². The molecule has 0 radical (unpaired) electrons. The number of carbonyl (C=O) groups excluding carboxylic acids is 1. The van der Waals surface area contributed by atoms with E-state index in [2.05, 4.69) is 20.3 Å². The fourth-order valence-corrected chi connectivity index (χ4v) is 1.77. The number of carbonyl (C=O) groups is 1. The molecule has 0 fully saturated rings. The van der Waals surface area contributed by atoms with Crippen LogP contribution in [0.4, 0.5) is 10.1 Å². The normalized spacial score (nSPS) is 10.6. The summed E-state index contributed by atoms with van der Waals surface area (Å²) in [5.74, 6) is -0.652. The number of aromatic nitrogens is 3. The summed E-state index contributed by atoms with van der Waals surface area (Å²) in [5, 5.41) is 2.69. The van der Waals surface area contributed by atoms with Gasteiger partial charge in [0.25, 0.3) is 5.91 Å². The standard InChI is InChI=1S/C13H9FN4O/c14-8-1-3-9(4-2-8)18-13(19)10-5-6-15-12-11(10)16-7-17-12/h1-7H,(H,18,19)(H,15,16,17). The number of fused-ring (bicyclic) bond motifs is 1. The van der Waals surface area contributed by atoms with Crippen LogP contribution in [0, 0.1) is 5.82 Å². The quantitative estimate of drug-likeness (QED) is 0.739. The Morgan fingerprint density at radius 2 is 1.95 bits per heavy atom. The van der Waals surface area contributed by atoms with Crippen LogP contribution >= 0.6 is 0 Å². The largest absolute Gasteiger partial charge is 0.343 e. The molecule has 0 aliphatic carbocycles. The van der Waals surface area contributed by atoms with Gasteiger partial charge in [-0.05, 0) is 30.3 Å². The number of amides is 1. The molecule has 0 bridgehead atoms. The van der Waals surface area contributed by atoms with Gasteiger partial charge >= 0.3 is 0 Å². The Morgan fingerprint density at radius 3 is 2.74 bits per heavy atom. The zero-order chi connectivity index (χ0) is 13.2. The van der Waals surface area contributed by atoms with Gasteiger partial charge in [0.15, 0.2) is 5.65 Å². The molecule has 2 heterocycles. The Kier molecular flexibility index (Phi) is 2.68. The topological polar surface area (TPSA) is 70.7 Å². The van der Waals surface area contributed by atoms with Crippen molar-refractivity contribution in [3.8, 4) is 0 Å². The van der Waals surface area contributed by atoms with Crippen molar-refractivity contribution >= 4 is 22.8 Å². The van der Waals surface area contributed by atoms with E-state index >= 15 is 0 Å². The molecule has 2 N–H and O–H groups in total. The zero-order valence-electron chi connectivity index (χ0n) is 9.72. The van der Waals surface area contributed by atoms with E-state index in [1.54, 1.807) is 6.07 Å². The molecule has 2 aromatic heterocycles. The van der Waals surface area contributed by atoms with E-state index in [0.29, 0.717) is 22.4 Å². The zero-order valence-corrected chi connectivity index (χ0v) is 9.72. The second-order valence-electron chi connectivity index (χ2n) is 3.92. The van der Waals surface area contributed by atoms with Crippen LogP contribution in [0.3, 0.4) is 0 Å². The van der Waals surface area contributed by atoms with Gasteiger partial charge in [-0.15, -0.1) is 0 Å². The number of anilines is 1. The predicted molar refractivity (Wildman–Crippen MR) is 68.2 cm³/mol. The minimum absolute atomic E-state index is 0.303. The molecule has 3 rings (SSSR count). The van der Waals surface area contributed by atoms with E-state index in [9.17, 15) is 9.18 Å². The summed E-state index contributed by atoms with van der Waals surface area (Å²) >= 11 is 0. The van der Waals surface area contributed by atoms with E-state index in [1.165, 1.54) is 36.8 Å². The number of hydrogen-bond donors (Lipinski definition) is 2. The number of imidazole rings is 1. The van der Waals surface area contributed by atoms with Gasteiger partial charge in [0.05, 0.1) is 17.4 Å². The van der Waals surface area contributed by atoms with E-state index in [-0.39, 0.29) is 11.7 Å². The first-order valence-electron chi connectivity index (χ1n) is 5.59. The second-order valence-corrected chi connectivity index (χ2v) is 3.92. The molecule has 0 atom stereocenters. The van der Waals surface area contributed by atoms with Crippen molar-refractivity contribution in [1.29, 1.82) is 0 Å². The lowest BCUT2D eigenvalue weighted by molar-refractivity contribution is 0.102. The highest BCUT2D eigenvalue weighted by Crippen LogP contribution is 2.15. The molecule has 5 nitrogen and oxygen atoms in total.